The SMILES string of the molecule is CC1(C)[C@@H]2CC[C@@]1(C(=O)O)C(=N[C@@H]1CCCC[C@H]1N=C1C[C@H]3CC[C@]1(C(=O)O)C3(C)C)C2. The predicted octanol–water partition coefficient (Wildman–Crippen LogP) is 5.00. The highest BCUT2D eigenvalue weighted by molar-refractivity contribution is 6.10. The lowest BCUT2D eigenvalue weighted by atomic mass is 9.68. The fraction of sp³-hybridized carbons (Fsp3) is 0.846. The van der Waals surface area contributed by atoms with Gasteiger partial charge >= 0.3 is 11.9 Å². The summed E-state index contributed by atoms with van der Waals surface area (Å²) < 4.78 is 0. The Bertz CT molecular complexity index is 845. The Hall–Kier alpha value is -1.72. The topological polar surface area (TPSA) is 99.3 Å². The van der Waals surface area contributed by atoms with Gasteiger partial charge in [0.25, 0.3) is 0 Å². The average Bonchev–Trinajstić information content (AvgIpc) is 3.30. The van der Waals surface area contributed by atoms with Crippen LogP contribution in [0.1, 0.15) is 91.9 Å². The van der Waals surface area contributed by atoms with Crippen LogP contribution in [-0.2, 0) is 9.59 Å². The molecule has 2 N–H and O–H groups in total. The van der Waals surface area contributed by atoms with E-state index in [0.29, 0.717) is 24.7 Å². The third kappa shape index (κ3) is 2.53. The maximum atomic E-state index is 12.5. The summed E-state index contributed by atoms with van der Waals surface area (Å²) in [5, 5.41) is 20.5. The van der Waals surface area contributed by atoms with E-state index < -0.39 is 22.8 Å². The summed E-state index contributed by atoms with van der Waals surface area (Å²) in [6.45, 7) is 8.42. The van der Waals surface area contributed by atoms with E-state index in [1.54, 1.807) is 0 Å². The van der Waals surface area contributed by atoms with Crippen LogP contribution in [0.4, 0.5) is 0 Å². The van der Waals surface area contributed by atoms with E-state index >= 15 is 0 Å². The van der Waals surface area contributed by atoms with Crippen LogP contribution in [0.25, 0.3) is 0 Å². The first-order chi connectivity index (χ1) is 15.0. The summed E-state index contributed by atoms with van der Waals surface area (Å²) >= 11 is 0. The molecule has 6 atom stereocenters. The zero-order valence-electron chi connectivity index (χ0n) is 20.0. The molecule has 6 nitrogen and oxygen atoms in total. The summed E-state index contributed by atoms with van der Waals surface area (Å²) in [5.74, 6) is -0.682. The van der Waals surface area contributed by atoms with Crippen LogP contribution >= 0.6 is 0 Å². The number of hydrogen-bond donors (Lipinski definition) is 2. The summed E-state index contributed by atoms with van der Waals surface area (Å²) in [7, 11) is 0. The first kappa shape index (κ1) is 22.1. The minimum absolute atomic E-state index is 0.0225. The van der Waals surface area contributed by atoms with E-state index in [2.05, 4.69) is 27.7 Å². The molecule has 0 aliphatic heterocycles. The predicted molar refractivity (Wildman–Crippen MR) is 123 cm³/mol. The number of fused-ring (bicyclic) bond motifs is 4. The number of carbonyl (C=O) groups is 2. The van der Waals surface area contributed by atoms with Crippen LogP contribution in [0.3, 0.4) is 0 Å². The number of aliphatic carboxylic acids is 2. The molecule has 5 aliphatic carbocycles. The molecule has 0 spiro atoms. The second kappa shape index (κ2) is 6.89. The maximum absolute atomic E-state index is 12.5. The molecule has 176 valence electrons. The van der Waals surface area contributed by atoms with E-state index in [1.807, 2.05) is 0 Å². The first-order valence-corrected chi connectivity index (χ1v) is 12.6. The number of carboxylic acid groups (broad SMARTS) is 2. The number of carboxylic acids is 2. The van der Waals surface area contributed by atoms with Crippen LogP contribution in [-0.4, -0.2) is 45.7 Å². The summed E-state index contributed by atoms with van der Waals surface area (Å²) in [5.41, 5.74) is -0.465. The molecule has 0 aromatic rings. The van der Waals surface area contributed by atoms with Crippen LogP contribution in [0.2, 0.25) is 0 Å². The average molecular weight is 443 g/mol. The largest absolute Gasteiger partial charge is 0.481 e. The maximum Gasteiger partial charge on any atom is 0.315 e. The fourth-order valence-electron chi connectivity index (χ4n) is 8.54. The van der Waals surface area contributed by atoms with Crippen molar-refractivity contribution in [3.05, 3.63) is 0 Å². The highest BCUT2D eigenvalue weighted by Gasteiger charge is 2.68. The minimum atomic E-state index is -0.844. The van der Waals surface area contributed by atoms with Crippen molar-refractivity contribution >= 4 is 23.4 Å². The molecule has 0 saturated heterocycles. The van der Waals surface area contributed by atoms with E-state index in [4.69, 9.17) is 9.98 Å². The highest BCUT2D eigenvalue weighted by atomic mass is 16.4. The summed E-state index contributed by atoms with van der Waals surface area (Å²) in [6.07, 6.45) is 8.85. The lowest BCUT2D eigenvalue weighted by Crippen LogP contribution is -2.45. The molecule has 6 heteroatoms. The molecule has 5 rings (SSSR count). The van der Waals surface area contributed by atoms with Gasteiger partial charge < -0.3 is 10.2 Å². The number of hydrogen-bond acceptors (Lipinski definition) is 4. The summed E-state index contributed by atoms with van der Waals surface area (Å²) in [4.78, 5) is 35.4. The summed E-state index contributed by atoms with van der Waals surface area (Å²) in [6, 6.07) is -0.0450. The lowest BCUT2D eigenvalue weighted by molar-refractivity contribution is -0.149. The van der Waals surface area contributed by atoms with Crippen LogP contribution in [0, 0.1) is 33.5 Å². The van der Waals surface area contributed by atoms with Crippen LogP contribution < -0.4 is 0 Å². The highest BCUT2D eigenvalue weighted by Crippen LogP contribution is 2.65. The second-order valence-corrected chi connectivity index (χ2v) is 12.3. The van der Waals surface area contributed by atoms with Gasteiger partial charge in [-0.05, 0) is 74.0 Å². The smallest absolute Gasteiger partial charge is 0.315 e. The number of aliphatic imine (C=N–C) groups is 2. The van der Waals surface area contributed by atoms with Gasteiger partial charge in [-0.3, -0.25) is 19.6 Å². The third-order valence-corrected chi connectivity index (χ3v) is 10.9. The normalized spacial score (nSPS) is 46.2. The molecule has 4 bridgehead atoms. The van der Waals surface area contributed by atoms with Gasteiger partial charge in [-0.1, -0.05) is 40.5 Å². The van der Waals surface area contributed by atoms with Gasteiger partial charge in [0.05, 0.1) is 12.1 Å². The lowest BCUT2D eigenvalue weighted by Gasteiger charge is -2.37. The van der Waals surface area contributed by atoms with E-state index in [1.165, 1.54) is 0 Å². The van der Waals surface area contributed by atoms with Crippen molar-refractivity contribution < 1.29 is 19.8 Å². The van der Waals surface area contributed by atoms with Crippen molar-refractivity contribution in [2.75, 3.05) is 0 Å². The fourth-order valence-corrected chi connectivity index (χ4v) is 8.54. The molecule has 32 heavy (non-hydrogen) atoms. The molecule has 0 aromatic heterocycles. The number of nitrogens with zero attached hydrogens (tertiary/aromatic N) is 2. The third-order valence-electron chi connectivity index (χ3n) is 10.9. The Balaban J connectivity index is 1.50. The molecule has 5 fully saturated rings. The zero-order chi connectivity index (χ0) is 23.1. The van der Waals surface area contributed by atoms with Crippen LogP contribution in [0.15, 0.2) is 9.98 Å². The minimum Gasteiger partial charge on any atom is -0.481 e. The molecular formula is C26H38N2O4. The van der Waals surface area contributed by atoms with Gasteiger partial charge in [0.15, 0.2) is 0 Å². The quantitative estimate of drug-likeness (QED) is 0.640. The van der Waals surface area contributed by atoms with Crippen molar-refractivity contribution in [2.24, 2.45) is 43.5 Å². The van der Waals surface area contributed by atoms with Gasteiger partial charge in [-0.15, -0.1) is 0 Å². The van der Waals surface area contributed by atoms with Crippen molar-refractivity contribution in [1.82, 2.24) is 0 Å². The number of rotatable bonds is 4. The van der Waals surface area contributed by atoms with Gasteiger partial charge in [-0.25, -0.2) is 0 Å². The molecule has 0 unspecified atom stereocenters. The molecule has 5 aliphatic rings. The molecule has 0 amide bonds. The monoisotopic (exact) mass is 442 g/mol. The van der Waals surface area contributed by atoms with E-state index in [9.17, 15) is 19.8 Å². The molecular weight excluding hydrogens is 404 g/mol. The standard InChI is InChI=1S/C26H38N2O4/c1-23(2)15-9-11-25(23,21(29)30)19(13-15)27-17-7-5-6-8-18(17)28-20-14-16-10-12-26(20,22(31)32)24(16,3)4/h15-18H,5-14H2,1-4H3,(H,29,30)(H,31,32)/t15-,16-,17-,18-,25+,26+/m1/s1. The zero-order valence-corrected chi connectivity index (χ0v) is 20.0. The van der Waals surface area contributed by atoms with Gasteiger partial charge in [0, 0.05) is 11.4 Å². The van der Waals surface area contributed by atoms with Gasteiger partial charge in [-0.2, -0.15) is 0 Å². The van der Waals surface area contributed by atoms with E-state index in [0.717, 1.165) is 62.8 Å². The van der Waals surface area contributed by atoms with Crippen molar-refractivity contribution in [3.63, 3.8) is 0 Å². The Kier molecular flexibility index (Phi) is 4.76. The first-order valence-electron chi connectivity index (χ1n) is 12.6. The molecule has 5 saturated carbocycles. The Morgan fingerprint density at radius 3 is 1.41 bits per heavy atom. The second-order valence-electron chi connectivity index (χ2n) is 12.3. The Morgan fingerprint density at radius 1 is 0.719 bits per heavy atom. The van der Waals surface area contributed by atoms with Gasteiger partial charge in [0.2, 0.25) is 0 Å². The van der Waals surface area contributed by atoms with Crippen molar-refractivity contribution in [1.29, 1.82) is 0 Å². The van der Waals surface area contributed by atoms with Crippen molar-refractivity contribution in [3.8, 4) is 0 Å². The Morgan fingerprint density at radius 2 is 1.09 bits per heavy atom. The molecule has 0 aromatic carbocycles. The van der Waals surface area contributed by atoms with Crippen molar-refractivity contribution in [2.45, 2.75) is 104 Å². The van der Waals surface area contributed by atoms with Gasteiger partial charge in [0.1, 0.15) is 10.8 Å². The van der Waals surface area contributed by atoms with E-state index in [-0.39, 0.29) is 22.9 Å². The molecule has 0 heterocycles. The molecule has 0 radical (unpaired) electrons. The van der Waals surface area contributed by atoms with Crippen LogP contribution in [0.5, 0.6) is 0 Å². The Labute approximate surface area is 191 Å².